The Morgan fingerprint density at radius 3 is 2.25 bits per heavy atom. The molecule has 1 aromatic carbocycles. The van der Waals surface area contributed by atoms with Crippen molar-refractivity contribution >= 4 is 17.6 Å². The number of hydrogen-bond acceptors (Lipinski definition) is 4. The summed E-state index contributed by atoms with van der Waals surface area (Å²) < 4.78 is 58.0. The van der Waals surface area contributed by atoms with Crippen LogP contribution in [-0.2, 0) is 4.79 Å². The zero-order valence-electron chi connectivity index (χ0n) is 18.1. The highest BCUT2D eigenvalue weighted by atomic mass is 19.3. The highest BCUT2D eigenvalue weighted by molar-refractivity contribution is 5.97. The Hall–Kier alpha value is -3.17. The normalized spacial score (nSPS) is 12.9. The van der Waals surface area contributed by atoms with Gasteiger partial charge in [-0.1, -0.05) is 32.9 Å². The van der Waals surface area contributed by atoms with E-state index in [4.69, 9.17) is 0 Å². The number of nitrogens with one attached hydrogen (secondary N) is 2. The zero-order chi connectivity index (χ0) is 24.1. The van der Waals surface area contributed by atoms with Gasteiger partial charge in [0, 0.05) is 24.1 Å². The summed E-state index contributed by atoms with van der Waals surface area (Å²) in [5.74, 6) is -5.44. The molecule has 1 unspecified atom stereocenters. The fourth-order valence-electron chi connectivity index (χ4n) is 2.53. The van der Waals surface area contributed by atoms with Gasteiger partial charge in [0.15, 0.2) is 0 Å². The molecule has 1 atom stereocenters. The number of pyridine rings is 1. The number of anilines is 1. The first-order valence-electron chi connectivity index (χ1n) is 9.98. The monoisotopic (exact) mass is 455 g/mol. The van der Waals surface area contributed by atoms with Crippen molar-refractivity contribution in [3.63, 3.8) is 0 Å². The standard InChI is InChI=1S/C22H25F4N3O3/c1-5-21(23,24)22(25,26)32-17-8-6-15(7-9-17)14(4)28-20(31)16-10-11-27-18(12-16)29-19(30)13(2)3/h6-14H,5H2,1-4H3,(H,28,31)(H,27,29,30). The van der Waals surface area contributed by atoms with Crippen LogP contribution in [-0.4, -0.2) is 28.8 Å². The number of hydrogen-bond donors (Lipinski definition) is 2. The van der Waals surface area contributed by atoms with Crippen LogP contribution in [0.25, 0.3) is 0 Å². The molecule has 0 aliphatic rings. The molecule has 2 rings (SSSR count). The Morgan fingerprint density at radius 2 is 1.69 bits per heavy atom. The predicted octanol–water partition coefficient (Wildman–Crippen LogP) is 5.18. The smallest absolute Gasteiger partial charge is 0.428 e. The third kappa shape index (κ3) is 6.18. The van der Waals surface area contributed by atoms with E-state index in [0.29, 0.717) is 5.56 Å². The van der Waals surface area contributed by atoms with E-state index in [1.807, 2.05) is 0 Å². The van der Waals surface area contributed by atoms with Gasteiger partial charge in [-0.05, 0) is 36.8 Å². The van der Waals surface area contributed by atoms with Crippen molar-refractivity contribution in [1.82, 2.24) is 10.3 Å². The largest absolute Gasteiger partial charge is 0.464 e. The molecule has 32 heavy (non-hydrogen) atoms. The highest BCUT2D eigenvalue weighted by Crippen LogP contribution is 2.38. The molecule has 2 aromatic rings. The van der Waals surface area contributed by atoms with E-state index in [2.05, 4.69) is 20.4 Å². The summed E-state index contributed by atoms with van der Waals surface area (Å²) in [4.78, 5) is 28.3. The number of amides is 2. The summed E-state index contributed by atoms with van der Waals surface area (Å²) in [5.41, 5.74) is 0.797. The second kappa shape index (κ2) is 9.97. The van der Waals surface area contributed by atoms with Crippen LogP contribution in [0.1, 0.15) is 56.1 Å². The van der Waals surface area contributed by atoms with Crippen molar-refractivity contribution in [2.24, 2.45) is 5.92 Å². The van der Waals surface area contributed by atoms with Crippen molar-refractivity contribution in [3.05, 3.63) is 53.7 Å². The number of carbonyl (C=O) groups is 2. The summed E-state index contributed by atoms with van der Waals surface area (Å²) in [6.07, 6.45) is -4.33. The lowest BCUT2D eigenvalue weighted by molar-refractivity contribution is -0.309. The Bertz CT molecular complexity index is 950. The minimum absolute atomic E-state index is 0.232. The van der Waals surface area contributed by atoms with Crippen LogP contribution >= 0.6 is 0 Å². The fraction of sp³-hybridized carbons (Fsp3) is 0.409. The van der Waals surface area contributed by atoms with Crippen molar-refractivity contribution in [3.8, 4) is 5.75 Å². The molecule has 2 amide bonds. The molecule has 0 bridgehead atoms. The van der Waals surface area contributed by atoms with Gasteiger partial charge in [-0.2, -0.15) is 17.6 Å². The van der Waals surface area contributed by atoms with Gasteiger partial charge in [0.25, 0.3) is 5.91 Å². The Kier molecular flexibility index (Phi) is 7.82. The van der Waals surface area contributed by atoms with Gasteiger partial charge < -0.3 is 15.4 Å². The van der Waals surface area contributed by atoms with Crippen molar-refractivity contribution in [1.29, 1.82) is 0 Å². The molecule has 0 aliphatic carbocycles. The van der Waals surface area contributed by atoms with Crippen molar-refractivity contribution in [2.45, 2.75) is 52.2 Å². The van der Waals surface area contributed by atoms with E-state index in [-0.39, 0.29) is 23.2 Å². The summed E-state index contributed by atoms with van der Waals surface area (Å²) in [7, 11) is 0. The number of benzene rings is 1. The number of rotatable bonds is 9. The molecule has 0 aliphatic heterocycles. The third-order valence-electron chi connectivity index (χ3n) is 4.64. The minimum Gasteiger partial charge on any atom is -0.428 e. The van der Waals surface area contributed by atoms with Gasteiger partial charge in [-0.15, -0.1) is 0 Å². The predicted molar refractivity (Wildman–Crippen MR) is 111 cm³/mol. The van der Waals surface area contributed by atoms with Crippen LogP contribution in [0.3, 0.4) is 0 Å². The van der Waals surface area contributed by atoms with Gasteiger partial charge >= 0.3 is 12.0 Å². The lowest BCUT2D eigenvalue weighted by Crippen LogP contribution is -2.44. The van der Waals surface area contributed by atoms with E-state index in [9.17, 15) is 27.2 Å². The Labute approximate surface area is 183 Å². The zero-order valence-corrected chi connectivity index (χ0v) is 18.1. The Morgan fingerprint density at radius 1 is 1.06 bits per heavy atom. The van der Waals surface area contributed by atoms with E-state index in [1.54, 1.807) is 20.8 Å². The first kappa shape index (κ1) is 25.1. The number of carbonyl (C=O) groups excluding carboxylic acids is 2. The molecule has 0 radical (unpaired) electrons. The molecule has 1 aromatic heterocycles. The average molecular weight is 455 g/mol. The Balaban J connectivity index is 2.04. The van der Waals surface area contributed by atoms with E-state index < -0.39 is 36.2 Å². The minimum atomic E-state index is -4.65. The fourth-order valence-corrected chi connectivity index (χ4v) is 2.53. The molecular formula is C22H25F4N3O3. The molecule has 0 saturated heterocycles. The van der Waals surface area contributed by atoms with Gasteiger partial charge in [-0.3, -0.25) is 9.59 Å². The number of ether oxygens (including phenoxy) is 1. The highest BCUT2D eigenvalue weighted by Gasteiger charge is 2.57. The number of alkyl halides is 4. The molecule has 10 heteroatoms. The quantitative estimate of drug-likeness (QED) is 0.511. The van der Waals surface area contributed by atoms with Crippen LogP contribution < -0.4 is 15.4 Å². The first-order valence-corrected chi connectivity index (χ1v) is 9.98. The van der Waals surface area contributed by atoms with Crippen LogP contribution in [0.15, 0.2) is 42.6 Å². The average Bonchev–Trinajstić information content (AvgIpc) is 2.73. The second-order valence-corrected chi connectivity index (χ2v) is 7.51. The van der Waals surface area contributed by atoms with Gasteiger partial charge in [-0.25, -0.2) is 4.98 Å². The molecule has 0 saturated carbocycles. The number of nitrogens with zero attached hydrogens (tertiary/aromatic N) is 1. The second-order valence-electron chi connectivity index (χ2n) is 7.51. The van der Waals surface area contributed by atoms with Crippen LogP contribution in [0.5, 0.6) is 5.75 Å². The molecule has 1 heterocycles. The van der Waals surface area contributed by atoms with Gasteiger partial charge in [0.1, 0.15) is 11.6 Å². The van der Waals surface area contributed by atoms with Gasteiger partial charge in [0.2, 0.25) is 5.91 Å². The topological polar surface area (TPSA) is 80.3 Å². The van der Waals surface area contributed by atoms with Crippen LogP contribution in [0.2, 0.25) is 0 Å². The maximum Gasteiger partial charge on any atom is 0.464 e. The molecule has 174 valence electrons. The van der Waals surface area contributed by atoms with Crippen molar-refractivity contribution in [2.75, 3.05) is 5.32 Å². The van der Waals surface area contributed by atoms with Crippen LogP contribution in [0, 0.1) is 5.92 Å². The molecule has 6 nitrogen and oxygen atoms in total. The number of halogens is 4. The van der Waals surface area contributed by atoms with E-state index in [0.717, 1.165) is 19.1 Å². The van der Waals surface area contributed by atoms with E-state index in [1.165, 1.54) is 30.5 Å². The first-order chi connectivity index (χ1) is 14.9. The molecule has 0 spiro atoms. The maximum absolute atomic E-state index is 13.6. The summed E-state index contributed by atoms with van der Waals surface area (Å²) in [6, 6.07) is 7.40. The maximum atomic E-state index is 13.6. The summed E-state index contributed by atoms with van der Waals surface area (Å²) in [6.45, 7) is 6.05. The van der Waals surface area contributed by atoms with Gasteiger partial charge in [0.05, 0.1) is 6.04 Å². The number of aromatic nitrogens is 1. The van der Waals surface area contributed by atoms with E-state index >= 15 is 0 Å². The third-order valence-corrected chi connectivity index (χ3v) is 4.64. The molecule has 2 N–H and O–H groups in total. The molecule has 0 fully saturated rings. The lowest BCUT2D eigenvalue weighted by atomic mass is 10.1. The summed E-state index contributed by atoms with van der Waals surface area (Å²) in [5, 5.41) is 5.33. The molecular weight excluding hydrogens is 430 g/mol. The SMILES string of the molecule is CCC(F)(F)C(F)(F)Oc1ccc(C(C)NC(=O)c2ccnc(NC(=O)C(C)C)c2)cc1. The lowest BCUT2D eigenvalue weighted by Gasteiger charge is -2.25. The summed E-state index contributed by atoms with van der Waals surface area (Å²) >= 11 is 0. The van der Waals surface area contributed by atoms with Crippen molar-refractivity contribution < 1.29 is 31.9 Å². The van der Waals surface area contributed by atoms with Crippen LogP contribution in [0.4, 0.5) is 23.4 Å².